The zero-order valence-corrected chi connectivity index (χ0v) is 13.2. The first kappa shape index (κ1) is 14.7. The topological polar surface area (TPSA) is 79.4 Å². The third kappa shape index (κ3) is 2.64. The highest BCUT2D eigenvalue weighted by Crippen LogP contribution is 2.24. The minimum Gasteiger partial charge on any atom is -0.335 e. The lowest BCUT2D eigenvalue weighted by Crippen LogP contribution is -2.04. The van der Waals surface area contributed by atoms with E-state index in [1.807, 2.05) is 55.8 Å². The number of anilines is 2. The molecule has 0 bridgehead atoms. The summed E-state index contributed by atoms with van der Waals surface area (Å²) in [5.74, 6) is 0.450. The predicted molar refractivity (Wildman–Crippen MR) is 87.8 cm³/mol. The Morgan fingerprint density at radius 1 is 1.09 bits per heavy atom. The van der Waals surface area contributed by atoms with E-state index in [1.54, 1.807) is 6.20 Å². The molecule has 2 heterocycles. The van der Waals surface area contributed by atoms with Gasteiger partial charge in [0.05, 0.1) is 29.0 Å². The van der Waals surface area contributed by atoms with Crippen LogP contribution in [-0.2, 0) is 0 Å². The molecule has 0 unspecified atom stereocenters. The Labute approximate surface area is 134 Å². The fraction of sp³-hybridized carbons (Fsp3) is 0.176. The van der Waals surface area contributed by atoms with Crippen molar-refractivity contribution in [2.45, 2.75) is 20.8 Å². The van der Waals surface area contributed by atoms with Gasteiger partial charge in [0.15, 0.2) is 5.82 Å². The van der Waals surface area contributed by atoms with E-state index in [9.17, 15) is 5.26 Å². The maximum Gasteiger partial charge on any atom is 0.171 e. The molecule has 1 aromatic carbocycles. The van der Waals surface area contributed by atoms with Gasteiger partial charge in [-0.15, -0.1) is 5.10 Å². The number of nitrogens with zero attached hydrogens (tertiary/aromatic N) is 5. The lowest BCUT2D eigenvalue weighted by molar-refractivity contribution is 0.847. The fourth-order valence-electron chi connectivity index (χ4n) is 2.32. The quantitative estimate of drug-likeness (QED) is 0.803. The van der Waals surface area contributed by atoms with Crippen molar-refractivity contribution in [3.63, 3.8) is 0 Å². The molecule has 0 fully saturated rings. The van der Waals surface area contributed by atoms with Crippen LogP contribution in [0, 0.1) is 32.1 Å². The normalized spacial score (nSPS) is 10.3. The highest BCUT2D eigenvalue weighted by atomic mass is 15.3. The number of benzene rings is 1. The van der Waals surface area contributed by atoms with E-state index >= 15 is 0 Å². The highest BCUT2D eigenvalue weighted by molar-refractivity contribution is 5.65. The number of nitriles is 1. The summed E-state index contributed by atoms with van der Waals surface area (Å²) in [6.45, 7) is 5.67. The lowest BCUT2D eigenvalue weighted by atomic mass is 10.1. The van der Waals surface area contributed by atoms with Crippen LogP contribution in [0.15, 0.2) is 36.5 Å². The van der Waals surface area contributed by atoms with Gasteiger partial charge in [0, 0.05) is 0 Å². The number of para-hydroxylation sites is 1. The smallest absolute Gasteiger partial charge is 0.171 e. The largest absolute Gasteiger partial charge is 0.335 e. The number of hydrogen-bond acceptors (Lipinski definition) is 5. The summed E-state index contributed by atoms with van der Waals surface area (Å²) in [5.41, 5.74) is 4.79. The molecule has 0 aliphatic carbocycles. The van der Waals surface area contributed by atoms with E-state index in [0.29, 0.717) is 11.4 Å². The molecule has 6 nitrogen and oxygen atoms in total. The number of hydrogen-bond donors (Lipinski definition) is 1. The zero-order valence-electron chi connectivity index (χ0n) is 13.2. The summed E-state index contributed by atoms with van der Waals surface area (Å²) in [5, 5.41) is 25.1. The van der Waals surface area contributed by atoms with Crippen LogP contribution in [0.25, 0.3) is 5.69 Å². The SMILES string of the molecule is Cc1nnc(Nc2cnn(-c3ccccc3)c2C)c(C#N)c1C. The second kappa shape index (κ2) is 5.89. The lowest BCUT2D eigenvalue weighted by Gasteiger charge is -2.09. The van der Waals surface area contributed by atoms with Crippen LogP contribution >= 0.6 is 0 Å². The minimum absolute atomic E-state index is 0.450. The Balaban J connectivity index is 1.99. The molecule has 2 aromatic heterocycles. The maximum atomic E-state index is 9.38. The van der Waals surface area contributed by atoms with Gasteiger partial charge in [0.1, 0.15) is 11.6 Å². The van der Waals surface area contributed by atoms with Crippen molar-refractivity contribution >= 4 is 11.5 Å². The van der Waals surface area contributed by atoms with Gasteiger partial charge < -0.3 is 5.32 Å². The third-order valence-corrected chi connectivity index (χ3v) is 3.83. The van der Waals surface area contributed by atoms with Gasteiger partial charge in [0.2, 0.25) is 0 Å². The molecule has 3 rings (SSSR count). The molecule has 23 heavy (non-hydrogen) atoms. The third-order valence-electron chi connectivity index (χ3n) is 3.83. The number of aromatic nitrogens is 4. The number of aryl methyl sites for hydroxylation is 1. The fourth-order valence-corrected chi connectivity index (χ4v) is 2.32. The van der Waals surface area contributed by atoms with Gasteiger partial charge in [0.25, 0.3) is 0 Å². The van der Waals surface area contributed by atoms with Gasteiger partial charge in [-0.2, -0.15) is 15.5 Å². The van der Waals surface area contributed by atoms with E-state index in [-0.39, 0.29) is 0 Å². The predicted octanol–water partition coefficient (Wildman–Crippen LogP) is 3.20. The molecule has 0 spiro atoms. The average molecular weight is 304 g/mol. The van der Waals surface area contributed by atoms with Gasteiger partial charge >= 0.3 is 0 Å². The monoisotopic (exact) mass is 304 g/mol. The molecule has 3 aromatic rings. The Morgan fingerprint density at radius 3 is 2.52 bits per heavy atom. The summed E-state index contributed by atoms with van der Waals surface area (Å²) in [4.78, 5) is 0. The first-order chi connectivity index (χ1) is 11.1. The van der Waals surface area contributed by atoms with Gasteiger partial charge in [-0.25, -0.2) is 4.68 Å². The van der Waals surface area contributed by atoms with Crippen molar-refractivity contribution in [3.8, 4) is 11.8 Å². The second-order valence-electron chi connectivity index (χ2n) is 5.26. The van der Waals surface area contributed by atoms with Crippen molar-refractivity contribution in [1.29, 1.82) is 5.26 Å². The first-order valence-corrected chi connectivity index (χ1v) is 7.23. The van der Waals surface area contributed by atoms with E-state index in [2.05, 4.69) is 26.7 Å². The van der Waals surface area contributed by atoms with Crippen molar-refractivity contribution in [2.75, 3.05) is 5.32 Å². The van der Waals surface area contributed by atoms with E-state index < -0.39 is 0 Å². The Kier molecular flexibility index (Phi) is 3.77. The van der Waals surface area contributed by atoms with Gasteiger partial charge in [-0.3, -0.25) is 0 Å². The van der Waals surface area contributed by atoms with Crippen LogP contribution in [0.5, 0.6) is 0 Å². The second-order valence-corrected chi connectivity index (χ2v) is 5.26. The Hall–Kier alpha value is -3.20. The molecular formula is C17H16N6. The van der Waals surface area contributed by atoms with Crippen LogP contribution in [0.3, 0.4) is 0 Å². The van der Waals surface area contributed by atoms with Crippen molar-refractivity contribution in [3.05, 3.63) is 59.0 Å². The first-order valence-electron chi connectivity index (χ1n) is 7.23. The van der Waals surface area contributed by atoms with E-state index in [0.717, 1.165) is 28.3 Å². The summed E-state index contributed by atoms with van der Waals surface area (Å²) in [6.07, 6.45) is 1.72. The standard InChI is InChI=1S/C17H16N6/c1-11-12(2)21-22-17(15(11)9-18)20-16-10-19-23(13(16)3)14-7-5-4-6-8-14/h4-8,10H,1-3H3,(H,20,22). The molecule has 0 radical (unpaired) electrons. The number of rotatable bonds is 3. The van der Waals surface area contributed by atoms with Crippen LogP contribution < -0.4 is 5.32 Å². The molecule has 114 valence electrons. The molecule has 0 atom stereocenters. The number of nitrogens with one attached hydrogen (secondary N) is 1. The molecule has 0 aliphatic heterocycles. The molecule has 0 saturated heterocycles. The summed E-state index contributed by atoms with van der Waals surface area (Å²) < 4.78 is 1.84. The zero-order chi connectivity index (χ0) is 16.4. The van der Waals surface area contributed by atoms with Gasteiger partial charge in [-0.1, -0.05) is 18.2 Å². The molecule has 1 N–H and O–H groups in total. The Morgan fingerprint density at radius 2 is 1.83 bits per heavy atom. The molecular weight excluding hydrogens is 288 g/mol. The average Bonchev–Trinajstić information content (AvgIpc) is 2.93. The maximum absolute atomic E-state index is 9.38. The van der Waals surface area contributed by atoms with Crippen molar-refractivity contribution < 1.29 is 0 Å². The van der Waals surface area contributed by atoms with E-state index in [1.165, 1.54) is 0 Å². The van der Waals surface area contributed by atoms with E-state index in [4.69, 9.17) is 0 Å². The molecule has 6 heteroatoms. The summed E-state index contributed by atoms with van der Waals surface area (Å²) in [7, 11) is 0. The summed E-state index contributed by atoms with van der Waals surface area (Å²) in [6, 6.07) is 12.1. The summed E-state index contributed by atoms with van der Waals surface area (Å²) >= 11 is 0. The van der Waals surface area contributed by atoms with Crippen LogP contribution in [0.4, 0.5) is 11.5 Å². The Bertz CT molecular complexity index is 889. The van der Waals surface area contributed by atoms with Gasteiger partial charge in [-0.05, 0) is 38.5 Å². The molecule has 0 aliphatic rings. The molecule has 0 saturated carbocycles. The van der Waals surface area contributed by atoms with Crippen LogP contribution in [0.2, 0.25) is 0 Å². The highest BCUT2D eigenvalue weighted by Gasteiger charge is 2.14. The van der Waals surface area contributed by atoms with Crippen molar-refractivity contribution in [1.82, 2.24) is 20.0 Å². The van der Waals surface area contributed by atoms with Crippen molar-refractivity contribution in [2.24, 2.45) is 0 Å². The van der Waals surface area contributed by atoms with Crippen LogP contribution in [-0.4, -0.2) is 20.0 Å². The minimum atomic E-state index is 0.450. The molecule has 0 amide bonds. The van der Waals surface area contributed by atoms with Crippen LogP contribution in [0.1, 0.15) is 22.5 Å².